The molecule has 100 valence electrons. The van der Waals surface area contributed by atoms with Gasteiger partial charge >= 0.3 is 5.97 Å². The molecule has 0 amide bonds. The summed E-state index contributed by atoms with van der Waals surface area (Å²) in [5, 5.41) is 8.46. The number of esters is 1. The van der Waals surface area contributed by atoms with E-state index < -0.39 is 0 Å². The molecular weight excluding hydrogens is 266 g/mol. The molecule has 0 unspecified atom stereocenters. The molecular formula is C13H14ClN3O2. The second kappa shape index (κ2) is 5.93. The number of halogens is 1. The molecule has 1 aromatic heterocycles. The first kappa shape index (κ1) is 13.7. The maximum Gasteiger partial charge on any atom is 0.313 e. The number of ether oxygens (including phenoxy) is 1. The third kappa shape index (κ3) is 3.86. The van der Waals surface area contributed by atoms with Crippen LogP contribution < -0.4 is 0 Å². The molecule has 0 aliphatic carbocycles. The van der Waals surface area contributed by atoms with E-state index in [1.807, 2.05) is 13.8 Å². The Hall–Kier alpha value is -1.75. The SMILES string of the molecule is CC(C)COC(=O)Cc1nnc2cc(Cl)ccc2n1. The Bertz CT molecular complexity index is 601. The number of hydrogen-bond acceptors (Lipinski definition) is 5. The van der Waals surface area contributed by atoms with Gasteiger partial charge < -0.3 is 4.74 Å². The largest absolute Gasteiger partial charge is 0.465 e. The minimum Gasteiger partial charge on any atom is -0.465 e. The number of hydrogen-bond donors (Lipinski definition) is 0. The standard InChI is InChI=1S/C13H14ClN3O2/c1-8(2)7-19-13(18)6-12-15-10-4-3-9(14)5-11(10)16-17-12/h3-5,8H,6-7H2,1-2H3. The van der Waals surface area contributed by atoms with E-state index in [1.165, 1.54) is 0 Å². The molecule has 0 aliphatic rings. The van der Waals surface area contributed by atoms with Gasteiger partial charge in [-0.1, -0.05) is 25.4 Å². The zero-order chi connectivity index (χ0) is 13.8. The van der Waals surface area contributed by atoms with E-state index in [-0.39, 0.29) is 12.4 Å². The van der Waals surface area contributed by atoms with Crippen LogP contribution in [0.4, 0.5) is 0 Å². The second-order valence-electron chi connectivity index (χ2n) is 4.61. The first-order valence-electron chi connectivity index (χ1n) is 5.99. The van der Waals surface area contributed by atoms with Crippen molar-refractivity contribution < 1.29 is 9.53 Å². The molecule has 0 N–H and O–H groups in total. The number of aromatic nitrogens is 3. The van der Waals surface area contributed by atoms with Crippen molar-refractivity contribution in [2.45, 2.75) is 20.3 Å². The van der Waals surface area contributed by atoms with Crippen molar-refractivity contribution >= 4 is 28.6 Å². The fraction of sp³-hybridized carbons (Fsp3) is 0.385. The molecule has 6 heteroatoms. The molecule has 0 bridgehead atoms. The van der Waals surface area contributed by atoms with E-state index in [0.717, 1.165) is 0 Å². The number of rotatable bonds is 4. The van der Waals surface area contributed by atoms with Crippen LogP contribution in [0.2, 0.25) is 5.02 Å². The number of carbonyl (C=O) groups is 1. The Morgan fingerprint density at radius 2 is 2.11 bits per heavy atom. The highest BCUT2D eigenvalue weighted by Crippen LogP contribution is 2.15. The number of fused-ring (bicyclic) bond motifs is 1. The summed E-state index contributed by atoms with van der Waals surface area (Å²) in [5.41, 5.74) is 1.26. The summed E-state index contributed by atoms with van der Waals surface area (Å²) in [6.07, 6.45) is 0.0261. The minimum atomic E-state index is -0.344. The molecule has 0 saturated heterocycles. The quantitative estimate of drug-likeness (QED) is 0.804. The molecule has 1 heterocycles. The predicted octanol–water partition coefficient (Wildman–Crippen LogP) is 2.42. The monoisotopic (exact) mass is 279 g/mol. The lowest BCUT2D eigenvalue weighted by molar-refractivity contribution is -0.144. The number of benzene rings is 1. The summed E-state index contributed by atoms with van der Waals surface area (Å²) in [6.45, 7) is 4.35. The maximum atomic E-state index is 11.6. The summed E-state index contributed by atoms with van der Waals surface area (Å²) in [5.74, 6) is 0.314. The van der Waals surface area contributed by atoms with Crippen LogP contribution in [-0.4, -0.2) is 27.8 Å². The molecule has 0 aliphatic heterocycles. The first-order valence-corrected chi connectivity index (χ1v) is 6.37. The highest BCUT2D eigenvalue weighted by molar-refractivity contribution is 6.31. The van der Waals surface area contributed by atoms with E-state index in [1.54, 1.807) is 18.2 Å². The van der Waals surface area contributed by atoms with E-state index in [0.29, 0.717) is 34.4 Å². The third-order valence-electron chi connectivity index (χ3n) is 2.34. The Labute approximate surface area is 116 Å². The highest BCUT2D eigenvalue weighted by atomic mass is 35.5. The molecule has 0 atom stereocenters. The van der Waals surface area contributed by atoms with Gasteiger partial charge in [0.15, 0.2) is 5.82 Å². The Balaban J connectivity index is 2.09. The average Bonchev–Trinajstić information content (AvgIpc) is 2.36. The van der Waals surface area contributed by atoms with Gasteiger partial charge in [-0.25, -0.2) is 4.98 Å². The molecule has 2 rings (SSSR count). The summed E-state index contributed by atoms with van der Waals surface area (Å²) < 4.78 is 5.07. The van der Waals surface area contributed by atoms with Crippen LogP contribution in [0.5, 0.6) is 0 Å². The van der Waals surface area contributed by atoms with Crippen LogP contribution >= 0.6 is 11.6 Å². The zero-order valence-electron chi connectivity index (χ0n) is 10.8. The molecule has 0 fully saturated rings. The second-order valence-corrected chi connectivity index (χ2v) is 5.05. The van der Waals surface area contributed by atoms with Crippen molar-refractivity contribution in [1.29, 1.82) is 0 Å². The Morgan fingerprint density at radius 1 is 1.32 bits per heavy atom. The van der Waals surface area contributed by atoms with Crippen molar-refractivity contribution in [2.24, 2.45) is 5.92 Å². The fourth-order valence-corrected chi connectivity index (χ4v) is 1.63. The lowest BCUT2D eigenvalue weighted by Crippen LogP contribution is -2.14. The molecule has 19 heavy (non-hydrogen) atoms. The zero-order valence-corrected chi connectivity index (χ0v) is 11.5. The predicted molar refractivity (Wildman–Crippen MR) is 71.8 cm³/mol. The van der Waals surface area contributed by atoms with E-state index >= 15 is 0 Å². The van der Waals surface area contributed by atoms with Crippen molar-refractivity contribution in [1.82, 2.24) is 15.2 Å². The van der Waals surface area contributed by atoms with E-state index in [2.05, 4.69) is 15.2 Å². The normalized spacial score (nSPS) is 10.9. The van der Waals surface area contributed by atoms with Crippen LogP contribution in [-0.2, 0) is 16.0 Å². The molecule has 0 spiro atoms. The van der Waals surface area contributed by atoms with Gasteiger partial charge in [-0.15, -0.1) is 10.2 Å². The molecule has 5 nitrogen and oxygen atoms in total. The van der Waals surface area contributed by atoms with E-state index in [9.17, 15) is 4.79 Å². The molecule has 0 radical (unpaired) electrons. The van der Waals surface area contributed by atoms with Crippen LogP contribution in [0.25, 0.3) is 11.0 Å². The summed E-state index contributed by atoms with van der Waals surface area (Å²) in [6, 6.07) is 5.15. The summed E-state index contributed by atoms with van der Waals surface area (Å²) >= 11 is 5.84. The van der Waals surface area contributed by atoms with Crippen LogP contribution in [0.3, 0.4) is 0 Å². The summed E-state index contributed by atoms with van der Waals surface area (Å²) in [4.78, 5) is 15.8. The molecule has 1 aromatic carbocycles. The van der Waals surface area contributed by atoms with Gasteiger partial charge in [0.05, 0.1) is 12.1 Å². The molecule has 2 aromatic rings. The Morgan fingerprint density at radius 3 is 2.84 bits per heavy atom. The Kier molecular flexibility index (Phi) is 4.27. The van der Waals surface area contributed by atoms with Crippen molar-refractivity contribution in [3.05, 3.63) is 29.0 Å². The lowest BCUT2D eigenvalue weighted by atomic mass is 10.2. The van der Waals surface area contributed by atoms with Gasteiger partial charge in [0.2, 0.25) is 0 Å². The minimum absolute atomic E-state index is 0.0261. The number of carbonyl (C=O) groups excluding carboxylic acids is 1. The average molecular weight is 280 g/mol. The van der Waals surface area contributed by atoms with Crippen LogP contribution in [0, 0.1) is 5.92 Å². The van der Waals surface area contributed by atoms with Crippen molar-refractivity contribution in [2.75, 3.05) is 6.61 Å². The third-order valence-corrected chi connectivity index (χ3v) is 2.58. The first-order chi connectivity index (χ1) is 9.04. The van der Waals surface area contributed by atoms with Gasteiger partial charge in [0.1, 0.15) is 11.9 Å². The highest BCUT2D eigenvalue weighted by Gasteiger charge is 2.10. The van der Waals surface area contributed by atoms with Gasteiger partial charge in [0, 0.05) is 5.02 Å². The number of nitrogens with zero attached hydrogens (tertiary/aromatic N) is 3. The fourth-order valence-electron chi connectivity index (χ4n) is 1.46. The van der Waals surface area contributed by atoms with Gasteiger partial charge in [-0.05, 0) is 24.1 Å². The van der Waals surface area contributed by atoms with Crippen molar-refractivity contribution in [3.63, 3.8) is 0 Å². The smallest absolute Gasteiger partial charge is 0.313 e. The van der Waals surface area contributed by atoms with Crippen LogP contribution in [0.15, 0.2) is 18.2 Å². The lowest BCUT2D eigenvalue weighted by Gasteiger charge is -2.06. The van der Waals surface area contributed by atoms with Gasteiger partial charge in [-0.3, -0.25) is 4.79 Å². The summed E-state index contributed by atoms with van der Waals surface area (Å²) in [7, 11) is 0. The van der Waals surface area contributed by atoms with Gasteiger partial charge in [-0.2, -0.15) is 0 Å². The van der Waals surface area contributed by atoms with Crippen LogP contribution in [0.1, 0.15) is 19.7 Å². The maximum absolute atomic E-state index is 11.6. The van der Waals surface area contributed by atoms with E-state index in [4.69, 9.17) is 16.3 Å². The van der Waals surface area contributed by atoms with Gasteiger partial charge in [0.25, 0.3) is 0 Å². The molecule has 0 saturated carbocycles. The topological polar surface area (TPSA) is 65.0 Å². The van der Waals surface area contributed by atoms with Crippen molar-refractivity contribution in [3.8, 4) is 0 Å².